The highest BCUT2D eigenvalue weighted by Gasteiger charge is 2.32. The predicted octanol–water partition coefficient (Wildman–Crippen LogP) is 3.38. The smallest absolute Gasteiger partial charge is 0.416 e. The first-order valence-corrected chi connectivity index (χ1v) is 6.54. The molecule has 106 valence electrons. The first-order valence-electron chi connectivity index (χ1n) is 5.66. The van der Waals surface area contributed by atoms with Gasteiger partial charge >= 0.3 is 12.1 Å². The molecule has 0 amide bonds. The second kappa shape index (κ2) is 5.62. The molecule has 0 radical (unpaired) electrons. The number of rotatable bonds is 4. The molecule has 3 nitrogen and oxygen atoms in total. The molecule has 0 unspecified atom stereocenters. The fourth-order valence-electron chi connectivity index (χ4n) is 1.78. The third-order valence-corrected chi connectivity index (χ3v) is 3.49. The Kier molecular flexibility index (Phi) is 4.08. The third-order valence-electron chi connectivity index (χ3n) is 2.60. The van der Waals surface area contributed by atoms with Crippen LogP contribution in [-0.2, 0) is 23.8 Å². The summed E-state index contributed by atoms with van der Waals surface area (Å²) in [6.45, 7) is 0. The van der Waals surface area contributed by atoms with Crippen LogP contribution < -0.4 is 0 Å². The van der Waals surface area contributed by atoms with Gasteiger partial charge in [0.25, 0.3) is 0 Å². The molecule has 1 heterocycles. The Hall–Kier alpha value is -1.89. The van der Waals surface area contributed by atoms with Crippen LogP contribution in [0.5, 0.6) is 0 Å². The molecule has 2 rings (SSSR count). The molecule has 0 fully saturated rings. The second-order valence-corrected chi connectivity index (χ2v) is 5.08. The molecule has 0 aliphatic rings. The van der Waals surface area contributed by atoms with E-state index in [2.05, 4.69) is 4.98 Å². The van der Waals surface area contributed by atoms with Crippen LogP contribution in [-0.4, -0.2) is 16.1 Å². The lowest BCUT2D eigenvalue weighted by Crippen LogP contribution is -2.09. The fourth-order valence-corrected chi connectivity index (χ4v) is 2.60. The summed E-state index contributed by atoms with van der Waals surface area (Å²) < 4.78 is 38.5. The van der Waals surface area contributed by atoms with Crippen molar-refractivity contribution >= 4 is 17.3 Å². The van der Waals surface area contributed by atoms with E-state index in [0.29, 0.717) is 10.7 Å². The van der Waals surface area contributed by atoms with Crippen LogP contribution in [0.4, 0.5) is 13.2 Å². The van der Waals surface area contributed by atoms with Gasteiger partial charge in [0, 0.05) is 11.8 Å². The van der Waals surface area contributed by atoms with E-state index in [-0.39, 0.29) is 18.4 Å². The van der Waals surface area contributed by atoms with Crippen LogP contribution in [0.25, 0.3) is 0 Å². The Morgan fingerprint density at radius 3 is 2.65 bits per heavy atom. The summed E-state index contributed by atoms with van der Waals surface area (Å²) >= 11 is 1.16. The van der Waals surface area contributed by atoms with Crippen molar-refractivity contribution < 1.29 is 23.1 Å². The van der Waals surface area contributed by atoms with Gasteiger partial charge in [0.1, 0.15) is 0 Å². The molecule has 0 saturated carbocycles. The zero-order chi connectivity index (χ0) is 14.8. The maximum Gasteiger partial charge on any atom is 0.416 e. The summed E-state index contributed by atoms with van der Waals surface area (Å²) in [6.07, 6.45) is -4.59. The van der Waals surface area contributed by atoms with Gasteiger partial charge in [0.05, 0.1) is 22.7 Å². The minimum absolute atomic E-state index is 0.0416. The van der Waals surface area contributed by atoms with Crippen molar-refractivity contribution in [2.75, 3.05) is 0 Å². The Morgan fingerprint density at radius 2 is 2.00 bits per heavy atom. The quantitative estimate of drug-likeness (QED) is 0.942. The van der Waals surface area contributed by atoms with Gasteiger partial charge in [-0.1, -0.05) is 18.2 Å². The predicted molar refractivity (Wildman–Crippen MR) is 67.7 cm³/mol. The number of alkyl halides is 3. The lowest BCUT2D eigenvalue weighted by molar-refractivity contribution is -0.138. The van der Waals surface area contributed by atoms with Crippen LogP contribution in [0.2, 0.25) is 0 Å². The molecule has 20 heavy (non-hydrogen) atoms. The average Bonchev–Trinajstić information content (AvgIpc) is 2.75. The van der Waals surface area contributed by atoms with Crippen LogP contribution in [0, 0.1) is 0 Å². The van der Waals surface area contributed by atoms with Gasteiger partial charge in [-0.15, -0.1) is 11.3 Å². The topological polar surface area (TPSA) is 50.2 Å². The molecule has 7 heteroatoms. The van der Waals surface area contributed by atoms with Gasteiger partial charge in [-0.3, -0.25) is 4.79 Å². The summed E-state index contributed by atoms with van der Waals surface area (Å²) in [6, 6.07) is 5.31. The minimum Gasteiger partial charge on any atom is -0.481 e. The SMILES string of the molecule is O=C(O)Cc1csc(Cc2ccccc2C(F)(F)F)n1. The van der Waals surface area contributed by atoms with E-state index in [1.807, 2.05) is 0 Å². The highest BCUT2D eigenvalue weighted by Crippen LogP contribution is 2.33. The zero-order valence-electron chi connectivity index (χ0n) is 10.1. The van der Waals surface area contributed by atoms with Crippen molar-refractivity contribution in [2.45, 2.75) is 19.0 Å². The molecular weight excluding hydrogens is 291 g/mol. The van der Waals surface area contributed by atoms with Crippen LogP contribution in [0.1, 0.15) is 21.8 Å². The van der Waals surface area contributed by atoms with Crippen LogP contribution >= 0.6 is 11.3 Å². The second-order valence-electron chi connectivity index (χ2n) is 4.13. The van der Waals surface area contributed by atoms with E-state index in [1.165, 1.54) is 18.2 Å². The summed E-state index contributed by atoms with van der Waals surface area (Å²) in [5, 5.41) is 10.7. The molecule has 0 spiro atoms. The van der Waals surface area contributed by atoms with Gasteiger partial charge in [-0.05, 0) is 11.6 Å². The molecule has 0 atom stereocenters. The Bertz CT molecular complexity index is 622. The first-order chi connectivity index (χ1) is 9.36. The lowest BCUT2D eigenvalue weighted by Gasteiger charge is -2.11. The number of thiazole rings is 1. The number of hydrogen-bond acceptors (Lipinski definition) is 3. The molecule has 1 aromatic carbocycles. The van der Waals surface area contributed by atoms with Gasteiger partial charge in [-0.2, -0.15) is 13.2 Å². The summed E-state index contributed by atoms with van der Waals surface area (Å²) in [5.41, 5.74) is -0.187. The fraction of sp³-hybridized carbons (Fsp3) is 0.231. The molecule has 2 aromatic rings. The molecule has 0 bridgehead atoms. The number of carbonyl (C=O) groups is 1. The molecule has 1 aromatic heterocycles. The van der Waals surface area contributed by atoms with E-state index < -0.39 is 17.7 Å². The maximum atomic E-state index is 12.8. The molecule has 1 N–H and O–H groups in total. The number of nitrogens with zero attached hydrogens (tertiary/aromatic N) is 1. The number of halogens is 3. The van der Waals surface area contributed by atoms with E-state index in [0.717, 1.165) is 17.4 Å². The first kappa shape index (κ1) is 14.5. The van der Waals surface area contributed by atoms with Crippen molar-refractivity contribution in [2.24, 2.45) is 0 Å². The zero-order valence-corrected chi connectivity index (χ0v) is 11.0. The van der Waals surface area contributed by atoms with Crippen molar-refractivity contribution in [3.8, 4) is 0 Å². The van der Waals surface area contributed by atoms with Crippen molar-refractivity contribution in [3.05, 3.63) is 51.5 Å². The highest BCUT2D eigenvalue weighted by molar-refractivity contribution is 7.09. The Morgan fingerprint density at radius 1 is 1.30 bits per heavy atom. The highest BCUT2D eigenvalue weighted by atomic mass is 32.1. The number of benzene rings is 1. The van der Waals surface area contributed by atoms with Crippen molar-refractivity contribution in [3.63, 3.8) is 0 Å². The third kappa shape index (κ3) is 3.57. The molecule has 0 saturated heterocycles. The Labute approximate surface area is 116 Å². The Balaban J connectivity index is 2.22. The largest absolute Gasteiger partial charge is 0.481 e. The standard InChI is InChI=1S/C13H10F3NO2S/c14-13(15,16)10-4-2-1-3-8(10)5-11-17-9(7-20-11)6-12(18)19/h1-4,7H,5-6H2,(H,18,19). The van der Waals surface area contributed by atoms with Crippen molar-refractivity contribution in [1.29, 1.82) is 0 Å². The number of carboxylic acids is 1. The summed E-state index contributed by atoms with van der Waals surface area (Å²) in [4.78, 5) is 14.6. The summed E-state index contributed by atoms with van der Waals surface area (Å²) in [7, 11) is 0. The van der Waals surface area contributed by atoms with E-state index in [9.17, 15) is 18.0 Å². The summed E-state index contributed by atoms with van der Waals surface area (Å²) in [5.74, 6) is -1.02. The number of hydrogen-bond donors (Lipinski definition) is 1. The normalized spacial score (nSPS) is 11.6. The van der Waals surface area contributed by atoms with Gasteiger partial charge < -0.3 is 5.11 Å². The van der Waals surface area contributed by atoms with Gasteiger partial charge in [0.15, 0.2) is 0 Å². The number of carboxylic acid groups (broad SMARTS) is 1. The number of aliphatic carboxylic acids is 1. The van der Waals surface area contributed by atoms with Gasteiger partial charge in [-0.25, -0.2) is 4.98 Å². The van der Waals surface area contributed by atoms with Crippen LogP contribution in [0.15, 0.2) is 29.6 Å². The van der Waals surface area contributed by atoms with Crippen LogP contribution in [0.3, 0.4) is 0 Å². The maximum absolute atomic E-state index is 12.8. The van der Waals surface area contributed by atoms with E-state index in [1.54, 1.807) is 5.38 Å². The van der Waals surface area contributed by atoms with Gasteiger partial charge in [0.2, 0.25) is 0 Å². The molecule has 0 aliphatic heterocycles. The van der Waals surface area contributed by atoms with E-state index in [4.69, 9.17) is 5.11 Å². The van der Waals surface area contributed by atoms with Crippen molar-refractivity contribution in [1.82, 2.24) is 4.98 Å². The monoisotopic (exact) mass is 301 g/mol. The van der Waals surface area contributed by atoms with E-state index >= 15 is 0 Å². The minimum atomic E-state index is -4.41. The molecular formula is C13H10F3NO2S. The number of aromatic nitrogens is 1. The lowest BCUT2D eigenvalue weighted by atomic mass is 10.0. The average molecular weight is 301 g/mol. The molecule has 0 aliphatic carbocycles.